The van der Waals surface area contributed by atoms with E-state index in [9.17, 15) is 0 Å². The zero-order valence-electron chi connectivity index (χ0n) is 8.82. The van der Waals surface area contributed by atoms with Crippen LogP contribution in [0.4, 0.5) is 0 Å². The van der Waals surface area contributed by atoms with E-state index in [4.69, 9.17) is 40.1 Å². The van der Waals surface area contributed by atoms with Gasteiger partial charge < -0.3 is 0 Å². The Balaban J connectivity index is 2.37. The Kier molecular flexibility index (Phi) is 4.36. The molecule has 1 aromatic carbocycles. The van der Waals surface area contributed by atoms with Gasteiger partial charge in [0.05, 0.1) is 16.7 Å². The molecule has 18 heavy (non-hydrogen) atoms. The van der Waals surface area contributed by atoms with Crippen molar-refractivity contribution >= 4 is 46.6 Å². The van der Waals surface area contributed by atoms with E-state index in [2.05, 4.69) is 4.98 Å². The highest BCUT2D eigenvalue weighted by atomic mass is 35.5. The summed E-state index contributed by atoms with van der Waals surface area (Å²) in [4.78, 5) is 4.89. The quantitative estimate of drug-likeness (QED) is 0.726. The first-order valence-corrected chi connectivity index (χ1v) is 6.74. The molecule has 90 valence electrons. The minimum Gasteiger partial charge on any atom is -0.229 e. The molecule has 1 aromatic heterocycles. The Labute approximate surface area is 123 Å². The Morgan fingerprint density at radius 1 is 1.11 bits per heavy atom. The number of hydrogen-bond donors (Lipinski definition) is 0. The zero-order valence-corrected chi connectivity index (χ0v) is 11.9. The molecule has 0 amide bonds. The molecule has 0 radical (unpaired) electrons. The minimum absolute atomic E-state index is 0.273. The second kappa shape index (κ2) is 5.81. The number of halogens is 3. The summed E-state index contributed by atoms with van der Waals surface area (Å²) in [5.74, 6) is 0. The van der Waals surface area contributed by atoms with Crippen molar-refractivity contribution in [1.82, 2.24) is 4.98 Å². The third kappa shape index (κ3) is 3.30. The van der Waals surface area contributed by atoms with Crippen LogP contribution in [0.5, 0.6) is 0 Å². The van der Waals surface area contributed by atoms with Crippen LogP contribution in [0.15, 0.2) is 40.3 Å². The number of nitrogens with zero attached hydrogens (tertiary/aromatic N) is 2. The molecule has 0 aliphatic heterocycles. The summed E-state index contributed by atoms with van der Waals surface area (Å²) in [5, 5.41) is 10.9. The normalized spacial score (nSPS) is 10.1. The van der Waals surface area contributed by atoms with Gasteiger partial charge in [0.25, 0.3) is 0 Å². The highest BCUT2D eigenvalue weighted by Gasteiger charge is 2.07. The number of rotatable bonds is 2. The van der Waals surface area contributed by atoms with Gasteiger partial charge in [0.2, 0.25) is 0 Å². The van der Waals surface area contributed by atoms with Crippen LogP contribution in [0.3, 0.4) is 0 Å². The lowest BCUT2D eigenvalue weighted by Crippen LogP contribution is -1.85. The van der Waals surface area contributed by atoms with E-state index in [0.29, 0.717) is 20.6 Å². The second-order valence-corrected chi connectivity index (χ2v) is 5.60. The Bertz CT molecular complexity index is 638. The first-order valence-electron chi connectivity index (χ1n) is 4.79. The highest BCUT2D eigenvalue weighted by molar-refractivity contribution is 7.99. The summed E-state index contributed by atoms with van der Waals surface area (Å²) in [6, 6.07) is 10.3. The van der Waals surface area contributed by atoms with Crippen molar-refractivity contribution in [3.05, 3.63) is 51.1 Å². The van der Waals surface area contributed by atoms with E-state index < -0.39 is 0 Å². The van der Waals surface area contributed by atoms with Gasteiger partial charge in [-0.2, -0.15) is 5.26 Å². The number of pyridine rings is 1. The number of benzene rings is 1. The molecule has 0 aliphatic carbocycles. The second-order valence-electron chi connectivity index (χ2n) is 3.31. The molecule has 0 spiro atoms. The van der Waals surface area contributed by atoms with E-state index >= 15 is 0 Å². The molecule has 0 fully saturated rings. The molecule has 2 aromatic rings. The van der Waals surface area contributed by atoms with Crippen LogP contribution in [0.1, 0.15) is 5.56 Å². The SMILES string of the molecule is N#Cc1cc(Cl)nc(Sc2cc(Cl)ccc2Cl)c1. The van der Waals surface area contributed by atoms with Crippen LogP contribution < -0.4 is 0 Å². The highest BCUT2D eigenvalue weighted by Crippen LogP contribution is 2.34. The van der Waals surface area contributed by atoms with Gasteiger partial charge in [-0.1, -0.05) is 46.6 Å². The van der Waals surface area contributed by atoms with Gasteiger partial charge in [0.15, 0.2) is 0 Å². The predicted octanol–water partition coefficient (Wildman–Crippen LogP) is 5.06. The molecule has 0 saturated carbocycles. The summed E-state index contributed by atoms with van der Waals surface area (Å²) in [5.41, 5.74) is 0.454. The molecule has 0 aliphatic rings. The smallest absolute Gasteiger partial charge is 0.131 e. The van der Waals surface area contributed by atoms with Crippen LogP contribution in [0.2, 0.25) is 15.2 Å². The molecule has 0 saturated heterocycles. The molecule has 1 heterocycles. The third-order valence-corrected chi connectivity index (χ3v) is 3.85. The van der Waals surface area contributed by atoms with Crippen LogP contribution in [0, 0.1) is 11.3 Å². The van der Waals surface area contributed by atoms with Gasteiger partial charge in [-0.25, -0.2) is 4.98 Å². The van der Waals surface area contributed by atoms with Crippen LogP contribution >= 0.6 is 46.6 Å². The maximum Gasteiger partial charge on any atom is 0.131 e. The Hall–Kier alpha value is -0.920. The Morgan fingerprint density at radius 2 is 1.89 bits per heavy atom. The van der Waals surface area contributed by atoms with E-state index in [1.807, 2.05) is 6.07 Å². The van der Waals surface area contributed by atoms with Gasteiger partial charge in [0.1, 0.15) is 10.2 Å². The fourth-order valence-electron chi connectivity index (χ4n) is 1.26. The monoisotopic (exact) mass is 314 g/mol. The van der Waals surface area contributed by atoms with Crippen molar-refractivity contribution < 1.29 is 0 Å². The summed E-state index contributed by atoms with van der Waals surface area (Å²) >= 11 is 19.1. The van der Waals surface area contributed by atoms with Crippen LogP contribution in [-0.2, 0) is 0 Å². The summed E-state index contributed by atoms with van der Waals surface area (Å²) in [6.07, 6.45) is 0. The average molecular weight is 316 g/mol. The maximum absolute atomic E-state index is 8.86. The lowest BCUT2D eigenvalue weighted by molar-refractivity contribution is 1.12. The van der Waals surface area contributed by atoms with E-state index in [1.54, 1.807) is 24.3 Å². The predicted molar refractivity (Wildman–Crippen MR) is 74.5 cm³/mol. The lowest BCUT2D eigenvalue weighted by atomic mass is 10.3. The zero-order chi connectivity index (χ0) is 13.1. The molecule has 0 unspecified atom stereocenters. The average Bonchev–Trinajstić information content (AvgIpc) is 2.33. The molecule has 2 rings (SSSR count). The largest absolute Gasteiger partial charge is 0.229 e. The van der Waals surface area contributed by atoms with Gasteiger partial charge in [-0.15, -0.1) is 0 Å². The summed E-state index contributed by atoms with van der Waals surface area (Å²) in [6.45, 7) is 0. The van der Waals surface area contributed by atoms with Crippen LogP contribution in [-0.4, -0.2) is 4.98 Å². The molecule has 0 atom stereocenters. The molecule has 2 nitrogen and oxygen atoms in total. The van der Waals surface area contributed by atoms with Crippen molar-refractivity contribution in [2.75, 3.05) is 0 Å². The number of aromatic nitrogens is 1. The number of hydrogen-bond acceptors (Lipinski definition) is 3. The fourth-order valence-corrected chi connectivity index (χ4v) is 2.89. The molecule has 0 bridgehead atoms. The first-order chi connectivity index (χ1) is 8.58. The summed E-state index contributed by atoms with van der Waals surface area (Å²) < 4.78 is 0. The van der Waals surface area contributed by atoms with Crippen molar-refractivity contribution in [3.8, 4) is 6.07 Å². The van der Waals surface area contributed by atoms with Gasteiger partial charge in [-0.3, -0.25) is 0 Å². The lowest BCUT2D eigenvalue weighted by Gasteiger charge is -2.04. The molecular weight excluding hydrogens is 311 g/mol. The maximum atomic E-state index is 8.86. The van der Waals surface area contributed by atoms with Crippen molar-refractivity contribution in [2.24, 2.45) is 0 Å². The minimum atomic E-state index is 0.273. The number of nitriles is 1. The first kappa shape index (κ1) is 13.5. The Morgan fingerprint density at radius 3 is 2.61 bits per heavy atom. The topological polar surface area (TPSA) is 36.7 Å². The van der Waals surface area contributed by atoms with Crippen molar-refractivity contribution in [3.63, 3.8) is 0 Å². The fraction of sp³-hybridized carbons (Fsp3) is 0. The van der Waals surface area contributed by atoms with E-state index in [-0.39, 0.29) is 5.15 Å². The van der Waals surface area contributed by atoms with Crippen molar-refractivity contribution in [2.45, 2.75) is 9.92 Å². The van der Waals surface area contributed by atoms with Gasteiger partial charge in [0, 0.05) is 9.92 Å². The van der Waals surface area contributed by atoms with E-state index in [1.165, 1.54) is 17.8 Å². The molecule has 0 N–H and O–H groups in total. The van der Waals surface area contributed by atoms with Gasteiger partial charge >= 0.3 is 0 Å². The van der Waals surface area contributed by atoms with Crippen LogP contribution in [0.25, 0.3) is 0 Å². The molecule has 6 heteroatoms. The standard InChI is InChI=1S/C12H5Cl3N2S/c13-8-1-2-9(14)10(5-8)18-12-4-7(6-16)3-11(15)17-12/h1-5H. The third-order valence-electron chi connectivity index (χ3n) is 2.01. The summed E-state index contributed by atoms with van der Waals surface area (Å²) in [7, 11) is 0. The molecular formula is C12H5Cl3N2S. The van der Waals surface area contributed by atoms with Gasteiger partial charge in [-0.05, 0) is 30.3 Å². The van der Waals surface area contributed by atoms with Crippen molar-refractivity contribution in [1.29, 1.82) is 5.26 Å². The van der Waals surface area contributed by atoms with E-state index in [0.717, 1.165) is 4.90 Å².